The summed E-state index contributed by atoms with van der Waals surface area (Å²) in [5.41, 5.74) is 0. The molecule has 0 spiro atoms. The van der Waals surface area contributed by atoms with Crippen molar-refractivity contribution < 1.29 is 8.42 Å². The summed E-state index contributed by atoms with van der Waals surface area (Å²) < 4.78 is 22.5. The first-order valence-corrected chi connectivity index (χ1v) is 7.34. The van der Waals surface area contributed by atoms with E-state index < -0.39 is 9.84 Å². The smallest absolute Gasteiger partial charge is 0.151 e. The molecule has 1 N–H and O–H groups in total. The van der Waals surface area contributed by atoms with Gasteiger partial charge in [0.25, 0.3) is 0 Å². The first kappa shape index (κ1) is 10.4. The van der Waals surface area contributed by atoms with Gasteiger partial charge in [0.05, 0.1) is 11.5 Å². The van der Waals surface area contributed by atoms with E-state index in [1.807, 2.05) is 0 Å². The van der Waals surface area contributed by atoms with Gasteiger partial charge >= 0.3 is 0 Å². The van der Waals surface area contributed by atoms with Crippen LogP contribution in [0.3, 0.4) is 0 Å². The van der Waals surface area contributed by atoms with Crippen molar-refractivity contribution in [1.29, 1.82) is 0 Å². The minimum atomic E-state index is -2.71. The van der Waals surface area contributed by atoms with Gasteiger partial charge in [-0.25, -0.2) is 8.42 Å². The fourth-order valence-corrected chi connectivity index (χ4v) is 4.30. The van der Waals surface area contributed by atoms with Gasteiger partial charge in [-0.15, -0.1) is 0 Å². The van der Waals surface area contributed by atoms with Crippen LogP contribution in [0.25, 0.3) is 0 Å². The van der Waals surface area contributed by atoms with Crippen LogP contribution >= 0.6 is 0 Å². The van der Waals surface area contributed by atoms with E-state index in [2.05, 4.69) is 12.2 Å². The normalized spacial score (nSPS) is 41.6. The lowest BCUT2D eigenvalue weighted by Crippen LogP contribution is -2.37. The Morgan fingerprint density at radius 3 is 2.43 bits per heavy atom. The zero-order valence-electron chi connectivity index (χ0n) is 8.70. The Bertz CT molecular complexity index is 299. The van der Waals surface area contributed by atoms with Gasteiger partial charge in [-0.1, -0.05) is 6.92 Å². The molecule has 1 aliphatic carbocycles. The molecular formula is C10H19NO2S. The second kappa shape index (κ2) is 3.81. The molecule has 14 heavy (non-hydrogen) atoms. The average Bonchev–Trinajstić information content (AvgIpc) is 2.59. The van der Waals surface area contributed by atoms with Crippen molar-refractivity contribution >= 4 is 9.84 Å². The minimum absolute atomic E-state index is 0.232. The van der Waals surface area contributed by atoms with Gasteiger partial charge in [-0.2, -0.15) is 0 Å². The molecule has 3 nitrogen and oxygen atoms in total. The third kappa shape index (κ3) is 2.48. The second-order valence-corrected chi connectivity index (χ2v) is 7.11. The van der Waals surface area contributed by atoms with E-state index in [0.29, 0.717) is 17.5 Å². The molecule has 4 heteroatoms. The average molecular weight is 217 g/mol. The molecule has 0 radical (unpaired) electrons. The molecule has 82 valence electrons. The number of rotatable bonds is 2. The summed E-state index contributed by atoms with van der Waals surface area (Å²) in [6.07, 6.45) is 4.54. The van der Waals surface area contributed by atoms with Gasteiger partial charge in [-0.3, -0.25) is 0 Å². The van der Waals surface area contributed by atoms with E-state index in [9.17, 15) is 8.42 Å². The molecule has 1 saturated carbocycles. The van der Waals surface area contributed by atoms with Crippen molar-refractivity contribution in [3.63, 3.8) is 0 Å². The van der Waals surface area contributed by atoms with E-state index in [4.69, 9.17) is 0 Å². The van der Waals surface area contributed by atoms with Crippen LogP contribution in [0.2, 0.25) is 0 Å². The zero-order valence-corrected chi connectivity index (χ0v) is 9.52. The Morgan fingerprint density at radius 2 is 1.93 bits per heavy atom. The number of hydrogen-bond acceptors (Lipinski definition) is 3. The third-order valence-corrected chi connectivity index (χ3v) is 5.17. The van der Waals surface area contributed by atoms with Gasteiger partial charge in [0.15, 0.2) is 9.84 Å². The van der Waals surface area contributed by atoms with E-state index in [1.165, 1.54) is 19.3 Å². The van der Waals surface area contributed by atoms with E-state index in [-0.39, 0.29) is 6.04 Å². The van der Waals surface area contributed by atoms with Gasteiger partial charge in [0.1, 0.15) is 0 Å². The Labute approximate surface area is 86.2 Å². The maximum Gasteiger partial charge on any atom is 0.151 e. The highest BCUT2D eigenvalue weighted by Gasteiger charge is 2.31. The number of sulfone groups is 1. The Balaban J connectivity index is 1.82. The molecule has 1 aliphatic heterocycles. The summed E-state index contributed by atoms with van der Waals surface area (Å²) in [6, 6.07) is 0.804. The van der Waals surface area contributed by atoms with Gasteiger partial charge in [0, 0.05) is 12.1 Å². The first-order chi connectivity index (χ1) is 6.55. The van der Waals surface area contributed by atoms with Gasteiger partial charge < -0.3 is 5.32 Å². The summed E-state index contributed by atoms with van der Waals surface area (Å²) in [5.74, 6) is 1.55. The maximum atomic E-state index is 11.2. The lowest BCUT2D eigenvalue weighted by atomic mass is 10.1. The Morgan fingerprint density at radius 1 is 1.14 bits per heavy atom. The Kier molecular flexibility index (Phi) is 2.84. The fraction of sp³-hybridized carbons (Fsp3) is 1.00. The second-order valence-electron chi connectivity index (χ2n) is 4.88. The highest BCUT2D eigenvalue weighted by molar-refractivity contribution is 7.91. The highest BCUT2D eigenvalue weighted by Crippen LogP contribution is 2.26. The first-order valence-electron chi connectivity index (χ1n) is 5.51. The van der Waals surface area contributed by atoms with Crippen molar-refractivity contribution in [3.8, 4) is 0 Å². The van der Waals surface area contributed by atoms with Crippen molar-refractivity contribution in [1.82, 2.24) is 5.32 Å². The molecule has 1 heterocycles. The molecule has 2 aliphatic rings. The van der Waals surface area contributed by atoms with E-state index in [1.54, 1.807) is 0 Å². The SMILES string of the molecule is C[C@@H]1CC[C@H](N[C@@H]2CCS(=O)(=O)C2)C1. The predicted molar refractivity (Wildman–Crippen MR) is 57.0 cm³/mol. The van der Waals surface area contributed by atoms with Crippen molar-refractivity contribution in [2.24, 2.45) is 5.92 Å². The molecule has 0 aromatic heterocycles. The summed E-state index contributed by atoms with van der Waals surface area (Å²) in [5, 5.41) is 3.48. The number of nitrogens with one attached hydrogen (secondary N) is 1. The van der Waals surface area contributed by atoms with Crippen LogP contribution < -0.4 is 5.32 Å². The van der Waals surface area contributed by atoms with Crippen LogP contribution in [0, 0.1) is 5.92 Å². The summed E-state index contributed by atoms with van der Waals surface area (Å²) >= 11 is 0. The molecule has 0 bridgehead atoms. The predicted octanol–water partition coefficient (Wildman–Crippen LogP) is 0.952. The van der Waals surface area contributed by atoms with Crippen molar-refractivity contribution in [2.75, 3.05) is 11.5 Å². The lowest BCUT2D eigenvalue weighted by Gasteiger charge is -2.17. The molecule has 0 amide bonds. The lowest BCUT2D eigenvalue weighted by molar-refractivity contribution is 0.443. The standard InChI is InChI=1S/C10H19NO2S/c1-8-2-3-9(6-8)11-10-4-5-14(12,13)7-10/h8-11H,2-7H2,1H3/t8-,9+,10-/m1/s1. The molecule has 3 atom stereocenters. The van der Waals surface area contributed by atoms with Crippen LogP contribution in [-0.4, -0.2) is 32.0 Å². The molecule has 1 saturated heterocycles. The molecule has 0 unspecified atom stereocenters. The van der Waals surface area contributed by atoms with Crippen molar-refractivity contribution in [3.05, 3.63) is 0 Å². The Hall–Kier alpha value is -0.0900. The van der Waals surface area contributed by atoms with Crippen LogP contribution in [-0.2, 0) is 9.84 Å². The largest absolute Gasteiger partial charge is 0.310 e. The van der Waals surface area contributed by atoms with Crippen LogP contribution in [0.5, 0.6) is 0 Å². The van der Waals surface area contributed by atoms with Crippen molar-refractivity contribution in [2.45, 2.75) is 44.7 Å². The third-order valence-electron chi connectivity index (χ3n) is 3.40. The summed E-state index contributed by atoms with van der Waals surface area (Å²) in [7, 11) is -2.71. The fourth-order valence-electron chi connectivity index (χ4n) is 2.62. The molecule has 0 aromatic rings. The molecule has 0 aromatic carbocycles. The highest BCUT2D eigenvalue weighted by atomic mass is 32.2. The monoisotopic (exact) mass is 217 g/mol. The maximum absolute atomic E-state index is 11.2. The van der Waals surface area contributed by atoms with Gasteiger partial charge in [-0.05, 0) is 31.6 Å². The summed E-state index contributed by atoms with van der Waals surface area (Å²) in [4.78, 5) is 0. The van der Waals surface area contributed by atoms with Gasteiger partial charge in [0.2, 0.25) is 0 Å². The van der Waals surface area contributed by atoms with E-state index in [0.717, 1.165) is 12.3 Å². The minimum Gasteiger partial charge on any atom is -0.310 e. The quantitative estimate of drug-likeness (QED) is 0.749. The summed E-state index contributed by atoms with van der Waals surface area (Å²) in [6.45, 7) is 2.27. The van der Waals surface area contributed by atoms with Crippen LogP contribution in [0.15, 0.2) is 0 Å². The van der Waals surface area contributed by atoms with Crippen LogP contribution in [0.4, 0.5) is 0 Å². The zero-order chi connectivity index (χ0) is 10.2. The van der Waals surface area contributed by atoms with Crippen LogP contribution in [0.1, 0.15) is 32.6 Å². The number of hydrogen-bond donors (Lipinski definition) is 1. The molecule has 2 rings (SSSR count). The topological polar surface area (TPSA) is 46.2 Å². The molecular weight excluding hydrogens is 198 g/mol. The molecule has 2 fully saturated rings. The van der Waals surface area contributed by atoms with E-state index >= 15 is 0 Å².